The number of aromatic nitrogens is 3. The summed E-state index contributed by atoms with van der Waals surface area (Å²) in [6.07, 6.45) is 2.98. The number of pyridine rings is 1. The molecule has 0 aromatic carbocycles. The maximum absolute atomic E-state index is 12.4. The molecule has 0 bridgehead atoms. The average Bonchev–Trinajstić information content (AvgIpc) is 2.61. The Morgan fingerprint density at radius 2 is 2.08 bits per heavy atom. The van der Waals surface area contributed by atoms with Crippen molar-refractivity contribution in [2.45, 2.75) is 39.2 Å². The van der Waals surface area contributed by atoms with Gasteiger partial charge in [0.15, 0.2) is 0 Å². The molecule has 3 rings (SSSR count). The highest BCUT2D eigenvalue weighted by Crippen LogP contribution is 2.31. The van der Waals surface area contributed by atoms with Crippen LogP contribution in [0.1, 0.15) is 42.5 Å². The lowest BCUT2D eigenvalue weighted by Gasteiger charge is -2.35. The van der Waals surface area contributed by atoms with E-state index in [0.29, 0.717) is 11.6 Å². The average molecular weight is 355 g/mol. The molecule has 2 aromatic rings. The highest BCUT2D eigenvalue weighted by Gasteiger charge is 2.29. The molecule has 7 nitrogen and oxygen atoms in total. The zero-order chi connectivity index (χ0) is 18.5. The third-order valence-electron chi connectivity index (χ3n) is 4.43. The first-order valence-corrected chi connectivity index (χ1v) is 8.91. The number of methoxy groups -OCH3 is 1. The summed E-state index contributed by atoms with van der Waals surface area (Å²) in [5, 5.41) is 3.24. The van der Waals surface area contributed by atoms with Gasteiger partial charge in [0.1, 0.15) is 24.1 Å². The molecule has 26 heavy (non-hydrogen) atoms. The van der Waals surface area contributed by atoms with Crippen LogP contribution in [0.5, 0.6) is 0 Å². The number of hydrogen-bond donors (Lipinski definition) is 1. The first-order valence-electron chi connectivity index (χ1n) is 8.91. The van der Waals surface area contributed by atoms with Crippen LogP contribution in [0, 0.1) is 13.8 Å². The summed E-state index contributed by atoms with van der Waals surface area (Å²) >= 11 is 0. The summed E-state index contributed by atoms with van der Waals surface area (Å²) in [4.78, 5) is 27.8. The Balaban J connectivity index is 1.86. The number of nitrogens with zero attached hydrogens (tertiary/aromatic N) is 4. The molecule has 1 fully saturated rings. The standard InChI is InChI=1S/C19H25N5O2/c1-13-7-6-9-17(20-13)23-18-11-15(21-14(2)22-18)16-8-4-5-10-24(16)19(25)12-26-3/h6-7,9,11,16H,4-5,8,10,12H2,1-3H3,(H,20,21,22,23). The van der Waals surface area contributed by atoms with Gasteiger partial charge in [-0.05, 0) is 45.2 Å². The zero-order valence-electron chi connectivity index (χ0n) is 15.5. The highest BCUT2D eigenvalue weighted by atomic mass is 16.5. The Morgan fingerprint density at radius 3 is 2.85 bits per heavy atom. The predicted octanol–water partition coefficient (Wildman–Crippen LogP) is 2.93. The molecule has 7 heteroatoms. The summed E-state index contributed by atoms with van der Waals surface area (Å²) < 4.78 is 5.03. The van der Waals surface area contributed by atoms with Crippen LogP contribution in [0.2, 0.25) is 0 Å². The van der Waals surface area contributed by atoms with Gasteiger partial charge in [-0.25, -0.2) is 15.0 Å². The van der Waals surface area contributed by atoms with E-state index >= 15 is 0 Å². The summed E-state index contributed by atoms with van der Waals surface area (Å²) in [5.74, 6) is 2.10. The maximum Gasteiger partial charge on any atom is 0.249 e. The number of piperidine rings is 1. The SMILES string of the molecule is COCC(=O)N1CCCCC1c1cc(Nc2cccc(C)n2)nc(C)n1. The van der Waals surface area contributed by atoms with Crippen molar-refractivity contribution >= 4 is 17.5 Å². The van der Waals surface area contributed by atoms with E-state index in [1.807, 2.05) is 43.0 Å². The molecule has 1 aliphatic rings. The van der Waals surface area contributed by atoms with Crippen molar-refractivity contribution in [3.8, 4) is 0 Å². The number of ether oxygens (including phenoxy) is 1. The van der Waals surface area contributed by atoms with Crippen LogP contribution in [-0.4, -0.2) is 46.0 Å². The van der Waals surface area contributed by atoms with Crippen molar-refractivity contribution in [3.05, 3.63) is 41.5 Å². The van der Waals surface area contributed by atoms with E-state index in [9.17, 15) is 4.79 Å². The van der Waals surface area contributed by atoms with Crippen molar-refractivity contribution < 1.29 is 9.53 Å². The Morgan fingerprint density at radius 1 is 1.23 bits per heavy atom. The molecule has 0 spiro atoms. The van der Waals surface area contributed by atoms with E-state index in [-0.39, 0.29) is 18.6 Å². The summed E-state index contributed by atoms with van der Waals surface area (Å²) in [6.45, 7) is 4.64. The molecule has 1 unspecified atom stereocenters. The zero-order valence-corrected chi connectivity index (χ0v) is 15.5. The molecule has 138 valence electrons. The number of anilines is 2. The van der Waals surface area contributed by atoms with Gasteiger partial charge in [-0.3, -0.25) is 4.79 Å². The van der Waals surface area contributed by atoms with Crippen molar-refractivity contribution in [2.75, 3.05) is 25.6 Å². The molecular weight excluding hydrogens is 330 g/mol. The van der Waals surface area contributed by atoms with Crippen molar-refractivity contribution in [3.63, 3.8) is 0 Å². The lowest BCUT2D eigenvalue weighted by molar-refractivity contribution is -0.139. The molecule has 1 N–H and O–H groups in total. The van der Waals surface area contributed by atoms with Gasteiger partial charge in [0.05, 0.1) is 11.7 Å². The van der Waals surface area contributed by atoms with Crippen LogP contribution >= 0.6 is 0 Å². The smallest absolute Gasteiger partial charge is 0.249 e. The number of rotatable bonds is 5. The number of aryl methyl sites for hydroxylation is 2. The van der Waals surface area contributed by atoms with Gasteiger partial charge in [0.2, 0.25) is 5.91 Å². The molecule has 3 heterocycles. The van der Waals surface area contributed by atoms with Crippen LogP contribution in [0.4, 0.5) is 11.6 Å². The number of carbonyl (C=O) groups is 1. The van der Waals surface area contributed by atoms with Gasteiger partial charge in [-0.15, -0.1) is 0 Å². The van der Waals surface area contributed by atoms with Gasteiger partial charge in [-0.1, -0.05) is 6.07 Å². The lowest BCUT2D eigenvalue weighted by Crippen LogP contribution is -2.40. The second-order valence-corrected chi connectivity index (χ2v) is 6.55. The second kappa shape index (κ2) is 8.23. The monoisotopic (exact) mass is 355 g/mol. The van der Waals surface area contributed by atoms with Gasteiger partial charge in [-0.2, -0.15) is 0 Å². The molecular formula is C19H25N5O2. The quantitative estimate of drug-likeness (QED) is 0.888. The molecule has 0 aliphatic carbocycles. The number of likely N-dealkylation sites (tertiary alicyclic amines) is 1. The van der Waals surface area contributed by atoms with E-state index in [1.165, 1.54) is 0 Å². The minimum Gasteiger partial charge on any atom is -0.375 e. The molecule has 1 saturated heterocycles. The maximum atomic E-state index is 12.4. The first-order chi connectivity index (χ1) is 12.6. The van der Waals surface area contributed by atoms with Gasteiger partial charge < -0.3 is 15.0 Å². The normalized spacial score (nSPS) is 17.2. The number of amides is 1. The lowest BCUT2D eigenvalue weighted by atomic mass is 9.98. The van der Waals surface area contributed by atoms with Crippen LogP contribution in [0.3, 0.4) is 0 Å². The third-order valence-corrected chi connectivity index (χ3v) is 4.43. The Hall–Kier alpha value is -2.54. The van der Waals surface area contributed by atoms with Crippen LogP contribution in [0.15, 0.2) is 24.3 Å². The Kier molecular flexibility index (Phi) is 5.78. The summed E-state index contributed by atoms with van der Waals surface area (Å²) in [5.41, 5.74) is 1.79. The number of nitrogens with one attached hydrogen (secondary N) is 1. The van der Waals surface area contributed by atoms with Crippen LogP contribution < -0.4 is 5.32 Å². The fraction of sp³-hybridized carbons (Fsp3) is 0.474. The molecule has 0 saturated carbocycles. The van der Waals surface area contributed by atoms with Gasteiger partial charge >= 0.3 is 0 Å². The molecule has 1 amide bonds. The van der Waals surface area contributed by atoms with Crippen LogP contribution in [-0.2, 0) is 9.53 Å². The minimum absolute atomic E-state index is 0.00308. The summed E-state index contributed by atoms with van der Waals surface area (Å²) in [6, 6.07) is 7.67. The van der Waals surface area contributed by atoms with Crippen molar-refractivity contribution in [2.24, 2.45) is 0 Å². The van der Waals surface area contributed by atoms with Crippen molar-refractivity contribution in [1.82, 2.24) is 19.9 Å². The first kappa shape index (κ1) is 18.3. The van der Waals surface area contributed by atoms with Gasteiger partial charge in [0.25, 0.3) is 0 Å². The van der Waals surface area contributed by atoms with Crippen LogP contribution in [0.25, 0.3) is 0 Å². The Labute approximate surface area is 153 Å². The topological polar surface area (TPSA) is 80.2 Å². The molecule has 1 atom stereocenters. The summed E-state index contributed by atoms with van der Waals surface area (Å²) in [7, 11) is 1.54. The van der Waals surface area contributed by atoms with E-state index in [4.69, 9.17) is 4.74 Å². The van der Waals surface area contributed by atoms with E-state index < -0.39 is 0 Å². The third kappa shape index (κ3) is 4.35. The largest absolute Gasteiger partial charge is 0.375 e. The number of hydrogen-bond acceptors (Lipinski definition) is 6. The fourth-order valence-corrected chi connectivity index (χ4v) is 3.31. The molecule has 1 aliphatic heterocycles. The fourth-order valence-electron chi connectivity index (χ4n) is 3.31. The van der Waals surface area contributed by atoms with Gasteiger partial charge in [0, 0.05) is 25.4 Å². The van der Waals surface area contributed by atoms with E-state index in [0.717, 1.165) is 43.0 Å². The molecule has 0 radical (unpaired) electrons. The van der Waals surface area contributed by atoms with Crippen molar-refractivity contribution in [1.29, 1.82) is 0 Å². The molecule has 2 aromatic heterocycles. The second-order valence-electron chi connectivity index (χ2n) is 6.55. The highest BCUT2D eigenvalue weighted by molar-refractivity contribution is 5.78. The van der Waals surface area contributed by atoms with E-state index in [2.05, 4.69) is 20.3 Å². The minimum atomic E-state index is -0.0425. The van der Waals surface area contributed by atoms with E-state index in [1.54, 1.807) is 7.11 Å². The predicted molar refractivity (Wildman–Crippen MR) is 99.2 cm³/mol. The number of carbonyl (C=O) groups excluding carboxylic acids is 1. The Bertz CT molecular complexity index is 780.